The Morgan fingerprint density at radius 1 is 0.738 bits per heavy atom. The minimum atomic E-state index is -0.935. The molecule has 0 aliphatic carbocycles. The van der Waals surface area contributed by atoms with Crippen LogP contribution in [0, 0.1) is 0 Å². The summed E-state index contributed by atoms with van der Waals surface area (Å²) in [5.41, 5.74) is 2.17. The summed E-state index contributed by atoms with van der Waals surface area (Å²) in [6.45, 7) is 26.5. The van der Waals surface area contributed by atoms with Crippen molar-refractivity contribution < 1.29 is 43.6 Å². The first-order valence-corrected chi connectivity index (χ1v) is 13.4. The number of hydrogen-bond acceptors (Lipinski definition) is 8. The number of carboxylic acid groups (broad SMARTS) is 1. The molecule has 236 valence electrons. The molecule has 0 aliphatic rings. The summed E-state index contributed by atoms with van der Waals surface area (Å²) >= 11 is 0. The van der Waals surface area contributed by atoms with E-state index in [0.29, 0.717) is 24.4 Å². The van der Waals surface area contributed by atoms with Crippen molar-refractivity contribution in [3.05, 3.63) is 91.6 Å². The van der Waals surface area contributed by atoms with E-state index in [9.17, 15) is 19.2 Å². The molecule has 0 amide bonds. The predicted octanol–water partition coefficient (Wildman–Crippen LogP) is 6.50. The van der Waals surface area contributed by atoms with Gasteiger partial charge in [0.05, 0.1) is 19.8 Å². The van der Waals surface area contributed by atoms with Crippen LogP contribution in [0.15, 0.2) is 86.0 Å². The van der Waals surface area contributed by atoms with Crippen molar-refractivity contribution in [3.63, 3.8) is 0 Å². The molecule has 42 heavy (non-hydrogen) atoms. The summed E-state index contributed by atoms with van der Waals surface area (Å²) < 4.78 is 13.9. The lowest BCUT2D eigenvalue weighted by Crippen LogP contribution is -2.08. The van der Waals surface area contributed by atoms with Gasteiger partial charge in [0.1, 0.15) is 6.61 Å². The third-order valence-corrected chi connectivity index (χ3v) is 4.06. The van der Waals surface area contributed by atoms with Gasteiger partial charge in [-0.2, -0.15) is 0 Å². The molecule has 9 nitrogen and oxygen atoms in total. The number of rotatable bonds is 13. The van der Waals surface area contributed by atoms with E-state index >= 15 is 0 Å². The Hall–Kier alpha value is -4.24. The van der Waals surface area contributed by atoms with Gasteiger partial charge in [0.25, 0.3) is 0 Å². The molecule has 0 atom stereocenters. The summed E-state index contributed by atoms with van der Waals surface area (Å²) in [4.78, 5) is 41.1. The van der Waals surface area contributed by atoms with Crippen molar-refractivity contribution in [2.75, 3.05) is 26.4 Å². The Kier molecular flexibility index (Phi) is 35.1. The number of esters is 3. The molecule has 0 spiro atoms. The van der Waals surface area contributed by atoms with Crippen molar-refractivity contribution in [1.29, 1.82) is 0 Å². The molecule has 1 rings (SSSR count). The number of aliphatic hydroxyl groups excluding tert-OH is 1. The number of unbranched alkanes of at least 4 members (excludes halogenated alkanes) is 2. The Labute approximate surface area is 251 Å². The van der Waals surface area contributed by atoms with Gasteiger partial charge >= 0.3 is 23.9 Å². The van der Waals surface area contributed by atoms with Gasteiger partial charge in [-0.1, -0.05) is 96.0 Å². The summed E-state index contributed by atoms with van der Waals surface area (Å²) in [5, 5.41) is 16.1. The molecule has 0 aromatic heterocycles. The molecule has 0 radical (unpaired) electrons. The van der Waals surface area contributed by atoms with Gasteiger partial charge in [0.15, 0.2) is 0 Å². The van der Waals surface area contributed by atoms with E-state index in [0.717, 1.165) is 25.7 Å². The van der Waals surface area contributed by atoms with Gasteiger partial charge in [-0.05, 0) is 39.2 Å². The van der Waals surface area contributed by atoms with Gasteiger partial charge in [0.2, 0.25) is 0 Å². The lowest BCUT2D eigenvalue weighted by atomic mass is 10.2. The maximum atomic E-state index is 10.7. The van der Waals surface area contributed by atoms with Crippen LogP contribution in [0.25, 0.3) is 6.08 Å². The van der Waals surface area contributed by atoms with E-state index in [1.54, 1.807) is 13.8 Å². The van der Waals surface area contributed by atoms with Crippen molar-refractivity contribution in [2.45, 2.75) is 60.3 Å². The lowest BCUT2D eigenvalue weighted by molar-refractivity contribution is -0.140. The maximum Gasteiger partial charge on any atom is 0.333 e. The molecule has 2 N–H and O–H groups in total. The highest BCUT2D eigenvalue weighted by molar-refractivity contribution is 5.87. The second-order valence-corrected chi connectivity index (χ2v) is 8.34. The zero-order valence-electron chi connectivity index (χ0n) is 26.0. The van der Waals surface area contributed by atoms with Crippen molar-refractivity contribution in [2.24, 2.45) is 0 Å². The molecule has 0 unspecified atom stereocenters. The maximum absolute atomic E-state index is 10.7. The Morgan fingerprint density at radius 2 is 1.14 bits per heavy atom. The lowest BCUT2D eigenvalue weighted by Gasteiger charge is -2.01. The Morgan fingerprint density at radius 3 is 1.43 bits per heavy atom. The molecular weight excluding hydrogens is 540 g/mol. The fourth-order valence-electron chi connectivity index (χ4n) is 1.66. The number of ether oxygens (including phenoxy) is 3. The molecule has 0 saturated carbocycles. The highest BCUT2D eigenvalue weighted by Crippen LogP contribution is 1.97. The van der Waals surface area contributed by atoms with Crippen LogP contribution in [0.3, 0.4) is 0 Å². The SMILES string of the molecule is C=C(C)C(=O)O.C=C(C)C(=O)OCCCC.C=C(C)C(=O)OCCO.C=CC(=O)OCCCC.C=Cc1ccccc1. The quantitative estimate of drug-likeness (QED) is 0.114. The van der Waals surface area contributed by atoms with Crippen LogP contribution in [0.5, 0.6) is 0 Å². The summed E-state index contributed by atoms with van der Waals surface area (Å²) in [6, 6.07) is 10.0. The van der Waals surface area contributed by atoms with Crippen LogP contribution in [0.2, 0.25) is 0 Å². The third-order valence-electron chi connectivity index (χ3n) is 4.06. The molecule has 0 heterocycles. The highest BCUT2D eigenvalue weighted by atomic mass is 16.5. The molecule has 0 aliphatic heterocycles. The summed E-state index contributed by atoms with van der Waals surface area (Å²) in [5.74, 6) is -2.00. The largest absolute Gasteiger partial charge is 0.478 e. The van der Waals surface area contributed by atoms with Gasteiger partial charge in [-0.3, -0.25) is 0 Å². The summed E-state index contributed by atoms with van der Waals surface area (Å²) in [7, 11) is 0. The first kappa shape index (κ1) is 44.8. The van der Waals surface area contributed by atoms with Crippen LogP contribution >= 0.6 is 0 Å². The van der Waals surface area contributed by atoms with Crippen LogP contribution in [0.1, 0.15) is 65.9 Å². The molecular formula is C33H50O9. The predicted molar refractivity (Wildman–Crippen MR) is 169 cm³/mol. The van der Waals surface area contributed by atoms with Crippen molar-refractivity contribution >= 4 is 30.0 Å². The highest BCUT2D eigenvalue weighted by Gasteiger charge is 2.01. The molecule has 1 aromatic rings. The van der Waals surface area contributed by atoms with Crippen LogP contribution in [-0.2, 0) is 33.4 Å². The van der Waals surface area contributed by atoms with Gasteiger partial charge in [-0.15, -0.1) is 0 Å². The fraction of sp³-hybridized carbons (Fsp3) is 0.394. The van der Waals surface area contributed by atoms with E-state index in [2.05, 4.69) is 49.3 Å². The van der Waals surface area contributed by atoms with Gasteiger partial charge in [0, 0.05) is 22.8 Å². The zero-order chi connectivity index (χ0) is 33.3. The molecule has 0 saturated heterocycles. The van der Waals surface area contributed by atoms with E-state index in [-0.39, 0.29) is 30.7 Å². The van der Waals surface area contributed by atoms with Crippen LogP contribution in [-0.4, -0.2) is 60.5 Å². The van der Waals surface area contributed by atoms with Gasteiger partial charge in [-0.25, -0.2) is 19.2 Å². The average molecular weight is 591 g/mol. The Bertz CT molecular complexity index is 934. The summed E-state index contributed by atoms with van der Waals surface area (Å²) in [6.07, 6.45) is 6.96. The standard InChI is InChI=1S/C8H14O2.C8H8.C7H12O2.C6H10O3.C4H6O2/c1-4-5-6-10-8(9)7(2)3;1-2-8-6-4-3-5-7-8;1-3-5-6-9-7(8)4-2;1-5(2)6(8)9-4-3-7;1-3(2)4(5)6/h2,4-6H2,1,3H3;2-7H,1H2;4H,2-3,5-6H2,1H3;7H,1,3-4H2,2H3;1H2,2H3,(H,5,6). The fourth-order valence-corrected chi connectivity index (χ4v) is 1.66. The molecule has 1 aromatic carbocycles. The average Bonchev–Trinajstić information content (AvgIpc) is 2.97. The number of carbonyl (C=O) groups is 4. The van der Waals surface area contributed by atoms with Crippen molar-refractivity contribution in [3.8, 4) is 0 Å². The van der Waals surface area contributed by atoms with E-state index in [1.165, 1.54) is 18.6 Å². The monoisotopic (exact) mass is 590 g/mol. The number of carboxylic acids is 1. The van der Waals surface area contributed by atoms with E-state index < -0.39 is 11.9 Å². The van der Waals surface area contributed by atoms with E-state index in [4.69, 9.17) is 14.9 Å². The minimum absolute atomic E-state index is 0.0473. The number of aliphatic hydroxyl groups is 1. The first-order chi connectivity index (χ1) is 19.7. The molecule has 9 heteroatoms. The number of benzene rings is 1. The number of aliphatic carboxylic acids is 1. The second-order valence-electron chi connectivity index (χ2n) is 8.34. The van der Waals surface area contributed by atoms with Crippen LogP contribution in [0.4, 0.5) is 0 Å². The van der Waals surface area contributed by atoms with Crippen molar-refractivity contribution in [1.82, 2.24) is 0 Å². The molecule has 0 fully saturated rings. The van der Waals surface area contributed by atoms with E-state index in [1.807, 2.05) is 43.3 Å². The number of carbonyl (C=O) groups excluding carboxylic acids is 3. The minimum Gasteiger partial charge on any atom is -0.478 e. The Balaban J connectivity index is -0.000000217. The first-order valence-electron chi connectivity index (χ1n) is 13.4. The third kappa shape index (κ3) is 37.9. The topological polar surface area (TPSA) is 136 Å². The van der Waals surface area contributed by atoms with Crippen LogP contribution < -0.4 is 0 Å². The normalized spacial score (nSPS) is 8.52. The molecule has 0 bridgehead atoms. The number of hydrogen-bond donors (Lipinski definition) is 2. The zero-order valence-corrected chi connectivity index (χ0v) is 26.0. The smallest absolute Gasteiger partial charge is 0.333 e. The second kappa shape index (κ2) is 33.0. The van der Waals surface area contributed by atoms with Gasteiger partial charge < -0.3 is 24.4 Å².